The zero-order valence-corrected chi connectivity index (χ0v) is 11.2. The molecule has 2 aromatic rings. The Kier molecular flexibility index (Phi) is 4.44. The summed E-state index contributed by atoms with van der Waals surface area (Å²) in [6.45, 7) is 0. The van der Waals surface area contributed by atoms with Crippen LogP contribution in [0, 0.1) is 11.6 Å². The summed E-state index contributed by atoms with van der Waals surface area (Å²) in [6, 6.07) is 3.18. The molecule has 1 aromatic heterocycles. The van der Waals surface area contributed by atoms with E-state index >= 15 is 0 Å². The van der Waals surface area contributed by atoms with Crippen molar-refractivity contribution >= 4 is 34.5 Å². The van der Waals surface area contributed by atoms with Crippen LogP contribution in [0.3, 0.4) is 0 Å². The summed E-state index contributed by atoms with van der Waals surface area (Å²) in [4.78, 5) is 15.8. The number of hydrogen-bond donors (Lipinski definition) is 1. The van der Waals surface area contributed by atoms with E-state index in [1.807, 2.05) is 0 Å². The molecule has 0 bridgehead atoms. The Balaban J connectivity index is 1.98. The van der Waals surface area contributed by atoms with E-state index in [9.17, 15) is 13.6 Å². The number of alkyl halides is 1. The monoisotopic (exact) mass is 302 g/mol. The highest BCUT2D eigenvalue weighted by atomic mass is 35.5. The van der Waals surface area contributed by atoms with Gasteiger partial charge < -0.3 is 5.32 Å². The predicted octanol–water partition coefficient (Wildman–Crippen LogP) is 3.34. The average Bonchev–Trinajstić information content (AvgIpc) is 2.81. The normalized spacial score (nSPS) is 10.5. The highest BCUT2D eigenvalue weighted by Crippen LogP contribution is 2.15. The Bertz CT molecular complexity index is 603. The van der Waals surface area contributed by atoms with Gasteiger partial charge in [-0.15, -0.1) is 22.9 Å². The van der Waals surface area contributed by atoms with Crippen molar-refractivity contribution in [1.29, 1.82) is 0 Å². The van der Waals surface area contributed by atoms with Crippen molar-refractivity contribution in [2.24, 2.45) is 0 Å². The van der Waals surface area contributed by atoms with E-state index in [-0.39, 0.29) is 18.0 Å². The van der Waals surface area contributed by atoms with Crippen molar-refractivity contribution in [2.75, 3.05) is 5.32 Å². The molecule has 0 aliphatic rings. The first-order valence-corrected chi connectivity index (χ1v) is 6.74. The molecule has 0 fully saturated rings. The minimum Gasteiger partial charge on any atom is -0.326 e. The number of benzene rings is 1. The van der Waals surface area contributed by atoms with Crippen molar-refractivity contribution in [1.82, 2.24) is 4.98 Å². The summed E-state index contributed by atoms with van der Waals surface area (Å²) in [6.07, 6.45) is 0.0700. The number of nitrogens with one attached hydrogen (secondary N) is 1. The van der Waals surface area contributed by atoms with Gasteiger partial charge >= 0.3 is 0 Å². The Labute approximate surface area is 117 Å². The number of halogens is 3. The quantitative estimate of drug-likeness (QED) is 0.880. The van der Waals surface area contributed by atoms with Crippen molar-refractivity contribution in [3.63, 3.8) is 0 Å². The van der Waals surface area contributed by atoms with Crippen LogP contribution in [-0.2, 0) is 17.1 Å². The summed E-state index contributed by atoms with van der Waals surface area (Å²) in [7, 11) is 0. The van der Waals surface area contributed by atoms with Gasteiger partial charge in [0.2, 0.25) is 5.91 Å². The van der Waals surface area contributed by atoms with Crippen LogP contribution in [0.4, 0.5) is 14.5 Å². The molecule has 2 rings (SSSR count). The van der Waals surface area contributed by atoms with Gasteiger partial charge in [0.25, 0.3) is 0 Å². The van der Waals surface area contributed by atoms with E-state index in [4.69, 9.17) is 11.6 Å². The van der Waals surface area contributed by atoms with Gasteiger partial charge in [-0.1, -0.05) is 0 Å². The van der Waals surface area contributed by atoms with Crippen LogP contribution in [0.2, 0.25) is 0 Å². The highest BCUT2D eigenvalue weighted by Gasteiger charge is 2.09. The maximum atomic E-state index is 13.0. The molecule has 7 heteroatoms. The first-order chi connectivity index (χ1) is 9.08. The number of rotatable bonds is 4. The fourth-order valence-corrected chi connectivity index (χ4v) is 2.43. The molecule has 1 amide bonds. The van der Waals surface area contributed by atoms with Crippen LogP contribution >= 0.6 is 22.9 Å². The summed E-state index contributed by atoms with van der Waals surface area (Å²) < 4.78 is 25.7. The number of amides is 1. The molecule has 3 nitrogen and oxygen atoms in total. The Hall–Kier alpha value is -1.53. The number of hydrogen-bond acceptors (Lipinski definition) is 3. The minimum absolute atomic E-state index is 0.0700. The van der Waals surface area contributed by atoms with Gasteiger partial charge in [0.05, 0.1) is 18.0 Å². The van der Waals surface area contributed by atoms with Crippen LogP contribution in [0.25, 0.3) is 0 Å². The number of carbonyl (C=O) groups is 1. The molecule has 1 aromatic carbocycles. The van der Waals surface area contributed by atoms with E-state index in [1.54, 1.807) is 5.38 Å². The molecule has 0 aliphatic carbocycles. The molecular formula is C12H9ClF2N2OS. The molecule has 1 N–H and O–H groups in total. The second-order valence-electron chi connectivity index (χ2n) is 3.72. The third kappa shape index (κ3) is 3.71. The highest BCUT2D eigenvalue weighted by molar-refractivity contribution is 7.09. The van der Waals surface area contributed by atoms with E-state index in [0.717, 1.165) is 12.1 Å². The van der Waals surface area contributed by atoms with Gasteiger partial charge in [-0.25, -0.2) is 13.8 Å². The third-order valence-corrected chi connectivity index (χ3v) is 3.42. The smallest absolute Gasteiger partial charge is 0.231 e. The lowest BCUT2D eigenvalue weighted by atomic mass is 10.3. The zero-order chi connectivity index (χ0) is 13.8. The standard InChI is InChI=1S/C12H9ClF2N2OS/c13-5-8-6-19-12(17-8)4-11(18)16-7-1-2-9(14)10(15)3-7/h1-3,6H,4-5H2,(H,16,18). The molecule has 0 saturated carbocycles. The summed E-state index contributed by atoms with van der Waals surface area (Å²) in [5.41, 5.74) is 0.917. The Morgan fingerprint density at radius 2 is 2.16 bits per heavy atom. The van der Waals surface area contributed by atoms with Gasteiger partial charge in [-0.2, -0.15) is 0 Å². The number of nitrogens with zero attached hydrogens (tertiary/aromatic N) is 1. The van der Waals surface area contributed by atoms with Crippen LogP contribution < -0.4 is 5.32 Å². The second kappa shape index (κ2) is 6.08. The van der Waals surface area contributed by atoms with Crippen LogP contribution in [0.5, 0.6) is 0 Å². The summed E-state index contributed by atoms with van der Waals surface area (Å²) >= 11 is 6.93. The lowest BCUT2D eigenvalue weighted by Crippen LogP contribution is -2.14. The zero-order valence-electron chi connectivity index (χ0n) is 9.62. The number of carbonyl (C=O) groups excluding carboxylic acids is 1. The molecule has 0 unspecified atom stereocenters. The first-order valence-electron chi connectivity index (χ1n) is 5.32. The molecule has 0 spiro atoms. The van der Waals surface area contributed by atoms with Crippen molar-refractivity contribution in [3.05, 3.63) is 45.9 Å². The SMILES string of the molecule is O=C(Cc1nc(CCl)cs1)Nc1ccc(F)c(F)c1. The van der Waals surface area contributed by atoms with Crippen molar-refractivity contribution in [2.45, 2.75) is 12.3 Å². The molecule has 0 atom stereocenters. The lowest BCUT2D eigenvalue weighted by Gasteiger charge is -2.04. The van der Waals surface area contributed by atoms with Gasteiger partial charge in [0, 0.05) is 17.1 Å². The van der Waals surface area contributed by atoms with Crippen LogP contribution in [0.1, 0.15) is 10.7 Å². The fraction of sp³-hybridized carbons (Fsp3) is 0.167. The van der Waals surface area contributed by atoms with E-state index < -0.39 is 11.6 Å². The Morgan fingerprint density at radius 3 is 2.79 bits per heavy atom. The van der Waals surface area contributed by atoms with Crippen LogP contribution in [0.15, 0.2) is 23.6 Å². The molecule has 0 saturated heterocycles. The van der Waals surface area contributed by atoms with Gasteiger partial charge in [0.15, 0.2) is 11.6 Å². The van der Waals surface area contributed by atoms with Crippen LogP contribution in [-0.4, -0.2) is 10.9 Å². The molecule has 0 radical (unpaired) electrons. The lowest BCUT2D eigenvalue weighted by molar-refractivity contribution is -0.115. The molecule has 1 heterocycles. The first kappa shape index (κ1) is 13.9. The van der Waals surface area contributed by atoms with Crippen molar-refractivity contribution < 1.29 is 13.6 Å². The Morgan fingerprint density at radius 1 is 1.37 bits per heavy atom. The largest absolute Gasteiger partial charge is 0.326 e. The van der Waals surface area contributed by atoms with Gasteiger partial charge in [-0.05, 0) is 12.1 Å². The third-order valence-electron chi connectivity index (χ3n) is 2.25. The minimum atomic E-state index is -1.00. The average molecular weight is 303 g/mol. The molecule has 0 aliphatic heterocycles. The van der Waals surface area contributed by atoms with E-state index in [2.05, 4.69) is 10.3 Å². The maximum Gasteiger partial charge on any atom is 0.231 e. The van der Waals surface area contributed by atoms with E-state index in [0.29, 0.717) is 16.6 Å². The molecule has 100 valence electrons. The predicted molar refractivity (Wildman–Crippen MR) is 70.4 cm³/mol. The second-order valence-corrected chi connectivity index (χ2v) is 4.93. The summed E-state index contributed by atoms with van der Waals surface area (Å²) in [5, 5.41) is 4.87. The van der Waals surface area contributed by atoms with Gasteiger partial charge in [-0.3, -0.25) is 4.79 Å². The summed E-state index contributed by atoms with van der Waals surface area (Å²) in [5.74, 6) is -2.01. The molecular weight excluding hydrogens is 294 g/mol. The maximum absolute atomic E-state index is 13.0. The van der Waals surface area contributed by atoms with E-state index in [1.165, 1.54) is 17.4 Å². The van der Waals surface area contributed by atoms with Gasteiger partial charge in [0.1, 0.15) is 5.01 Å². The topological polar surface area (TPSA) is 42.0 Å². The van der Waals surface area contributed by atoms with Crippen molar-refractivity contribution in [3.8, 4) is 0 Å². The number of aromatic nitrogens is 1. The number of anilines is 1. The number of thiazole rings is 1. The molecule has 19 heavy (non-hydrogen) atoms. The fourth-order valence-electron chi connectivity index (χ4n) is 1.41.